The topological polar surface area (TPSA) is 81.7 Å². The van der Waals surface area contributed by atoms with Crippen molar-refractivity contribution < 1.29 is 13.9 Å². The lowest BCUT2D eigenvalue weighted by atomic mass is 10.2. The molecule has 1 saturated carbocycles. The van der Waals surface area contributed by atoms with Crippen molar-refractivity contribution in [2.75, 3.05) is 0 Å². The molecule has 2 aromatic heterocycles. The second-order valence-electron chi connectivity index (χ2n) is 5.97. The molecule has 0 bridgehead atoms. The summed E-state index contributed by atoms with van der Waals surface area (Å²) >= 11 is 0. The van der Waals surface area contributed by atoms with Gasteiger partial charge in [0, 0.05) is 6.04 Å². The number of aromatic nitrogens is 3. The Morgan fingerprint density at radius 2 is 2.04 bits per heavy atom. The minimum absolute atomic E-state index is 0.148. The molecule has 1 aliphatic rings. The summed E-state index contributed by atoms with van der Waals surface area (Å²) in [6.45, 7) is 1.73. The summed E-state index contributed by atoms with van der Waals surface area (Å²) in [6.07, 6.45) is 4.35. The number of benzene rings is 1. The Hall–Kier alpha value is -2.83. The van der Waals surface area contributed by atoms with Crippen LogP contribution in [0, 0.1) is 6.92 Å². The molecule has 1 fully saturated rings. The van der Waals surface area contributed by atoms with Crippen LogP contribution in [0.2, 0.25) is 0 Å². The SMILES string of the molecule is Cc1oc2nc(Oc3ccccc3)nn2c1C(=O)NC1CCCC1. The molecule has 4 rings (SSSR count). The number of rotatable bonds is 4. The molecule has 0 unspecified atom stereocenters. The summed E-state index contributed by atoms with van der Waals surface area (Å²) < 4.78 is 12.5. The highest BCUT2D eigenvalue weighted by atomic mass is 16.5. The number of carbonyl (C=O) groups is 1. The molecule has 7 heteroatoms. The van der Waals surface area contributed by atoms with Crippen molar-refractivity contribution in [1.29, 1.82) is 0 Å². The highest BCUT2D eigenvalue weighted by molar-refractivity contribution is 5.94. The highest BCUT2D eigenvalue weighted by Crippen LogP contribution is 2.22. The lowest BCUT2D eigenvalue weighted by Crippen LogP contribution is -2.33. The monoisotopic (exact) mass is 326 g/mol. The van der Waals surface area contributed by atoms with Crippen LogP contribution < -0.4 is 10.1 Å². The van der Waals surface area contributed by atoms with Crippen LogP contribution in [0.4, 0.5) is 0 Å². The van der Waals surface area contributed by atoms with E-state index >= 15 is 0 Å². The zero-order chi connectivity index (χ0) is 16.5. The van der Waals surface area contributed by atoms with Crippen molar-refractivity contribution in [3.63, 3.8) is 0 Å². The van der Waals surface area contributed by atoms with Crippen LogP contribution in [-0.4, -0.2) is 26.5 Å². The molecule has 3 aromatic rings. The van der Waals surface area contributed by atoms with E-state index in [1.165, 1.54) is 4.52 Å². The van der Waals surface area contributed by atoms with E-state index in [4.69, 9.17) is 9.15 Å². The molecule has 1 amide bonds. The molecule has 0 saturated heterocycles. The number of amides is 1. The normalized spacial score (nSPS) is 15.0. The zero-order valence-corrected chi connectivity index (χ0v) is 13.4. The summed E-state index contributed by atoms with van der Waals surface area (Å²) in [6, 6.07) is 9.61. The van der Waals surface area contributed by atoms with Gasteiger partial charge in [0.1, 0.15) is 11.5 Å². The first-order valence-corrected chi connectivity index (χ1v) is 8.10. The highest BCUT2D eigenvalue weighted by Gasteiger charge is 2.25. The minimum Gasteiger partial charge on any atom is -0.426 e. The molecule has 0 radical (unpaired) electrons. The van der Waals surface area contributed by atoms with E-state index in [1.807, 2.05) is 30.3 Å². The van der Waals surface area contributed by atoms with Gasteiger partial charge in [-0.3, -0.25) is 4.79 Å². The number of fused-ring (bicyclic) bond motifs is 1. The van der Waals surface area contributed by atoms with Crippen LogP contribution in [0.15, 0.2) is 34.7 Å². The van der Waals surface area contributed by atoms with Gasteiger partial charge < -0.3 is 14.5 Å². The fourth-order valence-electron chi connectivity index (χ4n) is 3.04. The first kappa shape index (κ1) is 14.7. The first-order valence-electron chi connectivity index (χ1n) is 8.10. The number of hydrogen-bond acceptors (Lipinski definition) is 5. The fraction of sp³-hybridized carbons (Fsp3) is 0.353. The Balaban J connectivity index is 1.60. The summed E-state index contributed by atoms with van der Waals surface area (Å²) in [5.74, 6) is 1.18. The van der Waals surface area contributed by atoms with Gasteiger partial charge in [-0.15, -0.1) is 10.1 Å². The predicted molar refractivity (Wildman–Crippen MR) is 86.2 cm³/mol. The van der Waals surface area contributed by atoms with E-state index in [2.05, 4.69) is 15.4 Å². The van der Waals surface area contributed by atoms with Crippen LogP contribution in [0.5, 0.6) is 11.8 Å². The molecule has 124 valence electrons. The van der Waals surface area contributed by atoms with E-state index in [1.54, 1.807) is 6.92 Å². The Bertz CT molecular complexity index is 863. The standard InChI is InChI=1S/C17H18N4O3/c1-11-14(15(22)18-12-7-5-6-8-12)21-17(23-11)19-16(20-21)24-13-9-3-2-4-10-13/h2-4,9-10,12H,5-8H2,1H3,(H,18,22). The molecule has 0 aliphatic heterocycles. The Labute approximate surface area is 138 Å². The van der Waals surface area contributed by atoms with Crippen molar-refractivity contribution in [3.05, 3.63) is 41.8 Å². The third-order valence-corrected chi connectivity index (χ3v) is 4.21. The van der Waals surface area contributed by atoms with E-state index < -0.39 is 0 Å². The first-order chi connectivity index (χ1) is 11.7. The Morgan fingerprint density at radius 3 is 2.79 bits per heavy atom. The van der Waals surface area contributed by atoms with Gasteiger partial charge in [0.05, 0.1) is 0 Å². The van der Waals surface area contributed by atoms with Gasteiger partial charge in [-0.2, -0.15) is 4.52 Å². The molecule has 1 N–H and O–H groups in total. The fourth-order valence-corrected chi connectivity index (χ4v) is 3.04. The maximum Gasteiger partial charge on any atom is 0.344 e. The second-order valence-corrected chi connectivity index (χ2v) is 5.97. The Kier molecular flexibility index (Phi) is 3.68. The number of para-hydroxylation sites is 1. The van der Waals surface area contributed by atoms with E-state index in [0.717, 1.165) is 25.7 Å². The van der Waals surface area contributed by atoms with Gasteiger partial charge in [-0.25, -0.2) is 0 Å². The third kappa shape index (κ3) is 2.73. The van der Waals surface area contributed by atoms with Crippen molar-refractivity contribution in [3.8, 4) is 11.8 Å². The number of oxazole rings is 1. The maximum atomic E-state index is 12.6. The molecule has 2 heterocycles. The van der Waals surface area contributed by atoms with Crippen molar-refractivity contribution in [1.82, 2.24) is 19.9 Å². The summed E-state index contributed by atoms with van der Waals surface area (Å²) in [4.78, 5) is 16.8. The van der Waals surface area contributed by atoms with Gasteiger partial charge in [-0.05, 0) is 31.9 Å². The number of nitrogens with zero attached hydrogens (tertiary/aromatic N) is 3. The third-order valence-electron chi connectivity index (χ3n) is 4.21. The largest absolute Gasteiger partial charge is 0.426 e. The molecule has 24 heavy (non-hydrogen) atoms. The van der Waals surface area contributed by atoms with Gasteiger partial charge in [0.2, 0.25) is 0 Å². The molecule has 0 atom stereocenters. The minimum atomic E-state index is -0.186. The molecular formula is C17H18N4O3. The quantitative estimate of drug-likeness (QED) is 0.796. The number of nitrogens with one attached hydrogen (secondary N) is 1. The number of ether oxygens (including phenoxy) is 1. The van der Waals surface area contributed by atoms with Crippen molar-refractivity contribution in [2.45, 2.75) is 38.6 Å². The summed E-state index contributed by atoms with van der Waals surface area (Å²) in [5.41, 5.74) is 0.368. The summed E-state index contributed by atoms with van der Waals surface area (Å²) in [5, 5.41) is 7.30. The zero-order valence-electron chi connectivity index (χ0n) is 13.4. The van der Waals surface area contributed by atoms with Crippen molar-refractivity contribution >= 4 is 11.8 Å². The molecule has 1 aliphatic carbocycles. The number of aryl methyl sites for hydroxylation is 1. The van der Waals surface area contributed by atoms with Crippen LogP contribution in [-0.2, 0) is 0 Å². The van der Waals surface area contributed by atoms with Gasteiger partial charge in [-0.1, -0.05) is 31.0 Å². The van der Waals surface area contributed by atoms with E-state index in [9.17, 15) is 4.79 Å². The second kappa shape index (κ2) is 5.99. The van der Waals surface area contributed by atoms with E-state index in [0.29, 0.717) is 17.2 Å². The molecule has 1 aromatic carbocycles. The molecule has 0 spiro atoms. The van der Waals surface area contributed by atoms with Crippen LogP contribution in [0.3, 0.4) is 0 Å². The van der Waals surface area contributed by atoms with Crippen LogP contribution >= 0.6 is 0 Å². The number of carbonyl (C=O) groups excluding carboxylic acids is 1. The lowest BCUT2D eigenvalue weighted by Gasteiger charge is -2.10. The summed E-state index contributed by atoms with van der Waals surface area (Å²) in [7, 11) is 0. The maximum absolute atomic E-state index is 12.6. The molecule has 7 nitrogen and oxygen atoms in total. The number of hydrogen-bond donors (Lipinski definition) is 1. The van der Waals surface area contributed by atoms with Gasteiger partial charge in [0.25, 0.3) is 5.91 Å². The van der Waals surface area contributed by atoms with Gasteiger partial charge in [0.15, 0.2) is 5.69 Å². The Morgan fingerprint density at radius 1 is 1.29 bits per heavy atom. The van der Waals surface area contributed by atoms with E-state index in [-0.39, 0.29) is 23.8 Å². The average molecular weight is 326 g/mol. The average Bonchev–Trinajstić information content (AvgIpc) is 3.24. The molecular weight excluding hydrogens is 308 g/mol. The van der Waals surface area contributed by atoms with Crippen molar-refractivity contribution in [2.24, 2.45) is 0 Å². The van der Waals surface area contributed by atoms with Gasteiger partial charge >= 0.3 is 11.9 Å². The smallest absolute Gasteiger partial charge is 0.344 e. The van der Waals surface area contributed by atoms with Crippen LogP contribution in [0.1, 0.15) is 41.9 Å². The predicted octanol–water partition coefficient (Wildman–Crippen LogP) is 3.10. The lowest BCUT2D eigenvalue weighted by molar-refractivity contribution is 0.0929. The van der Waals surface area contributed by atoms with Crippen LogP contribution in [0.25, 0.3) is 5.84 Å².